The van der Waals surface area contributed by atoms with E-state index in [4.69, 9.17) is 5.14 Å². The highest BCUT2D eigenvalue weighted by Gasteiger charge is 2.24. The van der Waals surface area contributed by atoms with Gasteiger partial charge in [-0.1, -0.05) is 30.3 Å². The summed E-state index contributed by atoms with van der Waals surface area (Å²) in [7, 11) is -3.97. The zero-order chi connectivity index (χ0) is 15.6. The summed E-state index contributed by atoms with van der Waals surface area (Å²) in [6.07, 6.45) is 0. The predicted molar refractivity (Wildman–Crippen MR) is 82.6 cm³/mol. The second-order valence-corrected chi connectivity index (χ2v) is 6.21. The third-order valence-corrected chi connectivity index (χ3v) is 4.42. The lowest BCUT2D eigenvalue weighted by molar-refractivity contribution is 0.0771. The molecular formula is C15H18N2O3S. The minimum Gasteiger partial charge on any atom is -0.339 e. The van der Waals surface area contributed by atoms with Gasteiger partial charge in [0, 0.05) is 13.1 Å². The minimum atomic E-state index is -3.97. The second kappa shape index (κ2) is 5.83. The predicted octanol–water partition coefficient (Wildman–Crippen LogP) is 1.97. The standard InChI is InChI=1S/C15H18N2O3S/c1-3-17(4-2)15(18)14-12-8-6-5-7-11(12)9-10-13(14)21(16,19)20/h5-10H,3-4H2,1-2H3,(H2,16,19,20). The van der Waals surface area contributed by atoms with Crippen molar-refractivity contribution in [2.24, 2.45) is 5.14 Å². The molecule has 112 valence electrons. The highest BCUT2D eigenvalue weighted by atomic mass is 32.2. The third kappa shape index (κ3) is 2.91. The molecule has 0 saturated heterocycles. The van der Waals surface area contributed by atoms with Crippen molar-refractivity contribution in [3.05, 3.63) is 42.0 Å². The molecule has 0 bridgehead atoms. The zero-order valence-corrected chi connectivity index (χ0v) is 12.9. The van der Waals surface area contributed by atoms with Crippen LogP contribution in [-0.2, 0) is 10.0 Å². The number of benzene rings is 2. The Balaban J connectivity index is 2.82. The van der Waals surface area contributed by atoms with Gasteiger partial charge in [-0.15, -0.1) is 0 Å². The number of nitrogens with zero attached hydrogens (tertiary/aromatic N) is 1. The van der Waals surface area contributed by atoms with E-state index in [1.807, 2.05) is 26.0 Å². The molecule has 21 heavy (non-hydrogen) atoms. The summed E-state index contributed by atoms with van der Waals surface area (Å²) in [5.74, 6) is -0.319. The largest absolute Gasteiger partial charge is 0.339 e. The fraction of sp³-hybridized carbons (Fsp3) is 0.267. The van der Waals surface area contributed by atoms with Crippen molar-refractivity contribution >= 4 is 26.7 Å². The van der Waals surface area contributed by atoms with Crippen LogP contribution in [0.2, 0.25) is 0 Å². The molecule has 2 aromatic carbocycles. The molecule has 2 aromatic rings. The number of fused-ring (bicyclic) bond motifs is 1. The molecule has 0 saturated carbocycles. The number of carbonyl (C=O) groups excluding carboxylic acids is 1. The molecular weight excluding hydrogens is 288 g/mol. The Morgan fingerprint density at radius 1 is 1.10 bits per heavy atom. The monoisotopic (exact) mass is 306 g/mol. The van der Waals surface area contributed by atoms with Gasteiger partial charge in [-0.3, -0.25) is 4.79 Å². The number of sulfonamides is 1. The SMILES string of the molecule is CCN(CC)C(=O)c1c(S(N)(=O)=O)ccc2ccccc12. The molecule has 2 N–H and O–H groups in total. The lowest BCUT2D eigenvalue weighted by Gasteiger charge is -2.21. The molecule has 0 aliphatic rings. The van der Waals surface area contributed by atoms with Gasteiger partial charge >= 0.3 is 0 Å². The van der Waals surface area contributed by atoms with E-state index in [0.29, 0.717) is 18.5 Å². The molecule has 0 fully saturated rings. The topological polar surface area (TPSA) is 80.5 Å². The van der Waals surface area contributed by atoms with Crippen molar-refractivity contribution in [3.63, 3.8) is 0 Å². The Morgan fingerprint density at radius 2 is 1.71 bits per heavy atom. The number of amides is 1. The van der Waals surface area contributed by atoms with E-state index in [9.17, 15) is 13.2 Å². The van der Waals surface area contributed by atoms with E-state index in [0.717, 1.165) is 5.39 Å². The fourth-order valence-electron chi connectivity index (χ4n) is 2.38. The summed E-state index contributed by atoms with van der Waals surface area (Å²) < 4.78 is 23.6. The van der Waals surface area contributed by atoms with Crippen LogP contribution in [0.4, 0.5) is 0 Å². The number of carbonyl (C=O) groups is 1. The summed E-state index contributed by atoms with van der Waals surface area (Å²) in [5, 5.41) is 6.67. The molecule has 5 nitrogen and oxygen atoms in total. The first-order valence-electron chi connectivity index (χ1n) is 6.74. The first-order valence-corrected chi connectivity index (χ1v) is 8.28. The first-order chi connectivity index (χ1) is 9.90. The van der Waals surface area contributed by atoms with Gasteiger partial charge < -0.3 is 4.90 Å². The lowest BCUT2D eigenvalue weighted by Crippen LogP contribution is -2.32. The van der Waals surface area contributed by atoms with Crippen molar-refractivity contribution in [3.8, 4) is 0 Å². The van der Waals surface area contributed by atoms with Crippen LogP contribution in [0.25, 0.3) is 10.8 Å². The van der Waals surface area contributed by atoms with Gasteiger partial charge in [0.05, 0.1) is 10.5 Å². The van der Waals surface area contributed by atoms with E-state index in [1.54, 1.807) is 23.1 Å². The molecule has 0 spiro atoms. The summed E-state index contributed by atoms with van der Waals surface area (Å²) in [6.45, 7) is 4.71. The van der Waals surface area contributed by atoms with E-state index in [1.165, 1.54) is 6.07 Å². The van der Waals surface area contributed by atoms with E-state index < -0.39 is 10.0 Å². The molecule has 6 heteroatoms. The molecule has 0 radical (unpaired) electrons. The van der Waals surface area contributed by atoms with Crippen molar-refractivity contribution < 1.29 is 13.2 Å². The molecule has 2 rings (SSSR count). The van der Waals surface area contributed by atoms with E-state index in [2.05, 4.69) is 0 Å². The lowest BCUT2D eigenvalue weighted by atomic mass is 10.0. The summed E-state index contributed by atoms with van der Waals surface area (Å²) >= 11 is 0. The van der Waals surface area contributed by atoms with Gasteiger partial charge in [-0.25, -0.2) is 13.6 Å². The van der Waals surface area contributed by atoms with Crippen LogP contribution in [0.3, 0.4) is 0 Å². The minimum absolute atomic E-state index is 0.127. The fourth-order valence-corrected chi connectivity index (χ4v) is 3.12. The number of rotatable bonds is 4. The maximum absolute atomic E-state index is 12.7. The Hall–Kier alpha value is -1.92. The highest BCUT2D eigenvalue weighted by Crippen LogP contribution is 2.26. The van der Waals surface area contributed by atoms with Crippen molar-refractivity contribution in [1.82, 2.24) is 4.90 Å². The maximum Gasteiger partial charge on any atom is 0.255 e. The van der Waals surface area contributed by atoms with Crippen molar-refractivity contribution in [1.29, 1.82) is 0 Å². The van der Waals surface area contributed by atoms with Crippen LogP contribution < -0.4 is 5.14 Å². The number of primary sulfonamides is 1. The zero-order valence-electron chi connectivity index (χ0n) is 12.0. The molecule has 0 unspecified atom stereocenters. The van der Waals surface area contributed by atoms with Gasteiger partial charge in [0.1, 0.15) is 0 Å². The molecule has 0 aliphatic carbocycles. The molecule has 0 atom stereocenters. The molecule has 0 heterocycles. The normalized spacial score (nSPS) is 11.6. The van der Waals surface area contributed by atoms with E-state index in [-0.39, 0.29) is 16.4 Å². The average molecular weight is 306 g/mol. The quantitative estimate of drug-likeness (QED) is 0.937. The van der Waals surface area contributed by atoms with Crippen LogP contribution in [-0.4, -0.2) is 32.3 Å². The van der Waals surface area contributed by atoms with Crippen molar-refractivity contribution in [2.75, 3.05) is 13.1 Å². The first kappa shape index (κ1) is 15.5. The average Bonchev–Trinajstić information content (AvgIpc) is 2.46. The van der Waals surface area contributed by atoms with Crippen LogP contribution >= 0.6 is 0 Å². The molecule has 0 aromatic heterocycles. The van der Waals surface area contributed by atoms with E-state index >= 15 is 0 Å². The second-order valence-electron chi connectivity index (χ2n) is 4.68. The van der Waals surface area contributed by atoms with Crippen LogP contribution in [0.1, 0.15) is 24.2 Å². The van der Waals surface area contributed by atoms with Gasteiger partial charge in [0.25, 0.3) is 5.91 Å². The van der Waals surface area contributed by atoms with Gasteiger partial charge in [0.15, 0.2) is 0 Å². The Labute approximate surface area is 124 Å². The van der Waals surface area contributed by atoms with Crippen molar-refractivity contribution in [2.45, 2.75) is 18.7 Å². The Kier molecular flexibility index (Phi) is 4.29. The highest BCUT2D eigenvalue weighted by molar-refractivity contribution is 7.89. The number of nitrogens with two attached hydrogens (primary N) is 1. The number of hydrogen-bond acceptors (Lipinski definition) is 3. The summed E-state index contributed by atoms with van der Waals surface area (Å²) in [6, 6.07) is 10.2. The summed E-state index contributed by atoms with van der Waals surface area (Å²) in [5.41, 5.74) is 0.152. The van der Waals surface area contributed by atoms with Crippen LogP contribution in [0.15, 0.2) is 41.3 Å². The molecule has 0 aliphatic heterocycles. The van der Waals surface area contributed by atoms with Gasteiger partial charge in [-0.05, 0) is 30.7 Å². The van der Waals surface area contributed by atoms with Crippen LogP contribution in [0.5, 0.6) is 0 Å². The Bertz CT molecular complexity index is 781. The van der Waals surface area contributed by atoms with Gasteiger partial charge in [0.2, 0.25) is 10.0 Å². The Morgan fingerprint density at radius 3 is 2.29 bits per heavy atom. The maximum atomic E-state index is 12.7. The van der Waals surface area contributed by atoms with Gasteiger partial charge in [-0.2, -0.15) is 0 Å². The number of hydrogen-bond donors (Lipinski definition) is 1. The third-order valence-electron chi connectivity index (χ3n) is 3.46. The van der Waals surface area contributed by atoms with Crippen LogP contribution in [0, 0.1) is 0 Å². The molecule has 1 amide bonds. The summed E-state index contributed by atoms with van der Waals surface area (Å²) in [4.78, 5) is 14.1. The smallest absolute Gasteiger partial charge is 0.255 e.